The predicted octanol–water partition coefficient (Wildman–Crippen LogP) is 3.22. The van der Waals surface area contributed by atoms with Crippen molar-refractivity contribution in [3.05, 3.63) is 47.3 Å². The summed E-state index contributed by atoms with van der Waals surface area (Å²) in [5, 5.41) is 9.67. The van der Waals surface area contributed by atoms with Crippen molar-refractivity contribution in [3.63, 3.8) is 0 Å². The zero-order valence-electron chi connectivity index (χ0n) is 8.50. The fourth-order valence-electron chi connectivity index (χ4n) is 1.22. The van der Waals surface area contributed by atoms with Crippen LogP contribution in [-0.4, -0.2) is 5.11 Å². The molecule has 1 nitrogen and oxygen atoms in total. The maximum Gasteiger partial charge on any atom is 0.129 e. The molecule has 0 saturated heterocycles. The van der Waals surface area contributed by atoms with Crippen molar-refractivity contribution in [2.45, 2.75) is 26.4 Å². The van der Waals surface area contributed by atoms with Crippen molar-refractivity contribution in [1.29, 1.82) is 0 Å². The minimum absolute atomic E-state index is 0.345. The first-order chi connectivity index (χ1) is 6.61. The topological polar surface area (TPSA) is 20.2 Å². The normalized spacial score (nSPS) is 12.3. The Hall–Kier alpha value is -1.15. The molecular formula is C12H15FO. The van der Waals surface area contributed by atoms with Gasteiger partial charge in [0, 0.05) is 5.56 Å². The third kappa shape index (κ3) is 2.96. The molecule has 0 aliphatic rings. The molecule has 0 saturated carbocycles. The number of aliphatic hydroxyl groups is 1. The van der Waals surface area contributed by atoms with E-state index in [1.807, 2.05) is 19.9 Å². The summed E-state index contributed by atoms with van der Waals surface area (Å²) >= 11 is 0. The molecule has 1 atom stereocenters. The summed E-state index contributed by atoms with van der Waals surface area (Å²) < 4.78 is 13.2. The van der Waals surface area contributed by atoms with Gasteiger partial charge in [0.2, 0.25) is 0 Å². The lowest BCUT2D eigenvalue weighted by Crippen LogP contribution is -1.99. The second-order valence-corrected chi connectivity index (χ2v) is 3.55. The van der Waals surface area contributed by atoms with Crippen LogP contribution in [0.1, 0.15) is 31.9 Å². The lowest BCUT2D eigenvalue weighted by molar-refractivity contribution is 0.176. The van der Waals surface area contributed by atoms with Crippen LogP contribution in [0.3, 0.4) is 0 Å². The Morgan fingerprint density at radius 1 is 1.43 bits per heavy atom. The first-order valence-electron chi connectivity index (χ1n) is 4.67. The van der Waals surface area contributed by atoms with Crippen LogP contribution in [0.4, 0.5) is 4.39 Å². The molecule has 1 N–H and O–H groups in total. The summed E-state index contributed by atoms with van der Waals surface area (Å²) in [6, 6.07) is 6.32. The first-order valence-corrected chi connectivity index (χ1v) is 4.67. The number of allylic oxidation sites excluding steroid dienone is 1. The molecule has 0 aliphatic carbocycles. The van der Waals surface area contributed by atoms with E-state index in [1.165, 1.54) is 6.07 Å². The summed E-state index contributed by atoms with van der Waals surface area (Å²) in [5.74, 6) is -0.345. The molecule has 2 heteroatoms. The minimum atomic E-state index is -0.744. The first kappa shape index (κ1) is 10.9. The fraction of sp³-hybridized carbons (Fsp3) is 0.333. The van der Waals surface area contributed by atoms with Gasteiger partial charge in [-0.15, -0.1) is 0 Å². The molecular weight excluding hydrogens is 179 g/mol. The summed E-state index contributed by atoms with van der Waals surface area (Å²) in [6.45, 7) is 3.90. The molecule has 14 heavy (non-hydrogen) atoms. The Kier molecular flexibility index (Phi) is 3.84. The molecule has 0 aromatic heterocycles. The average molecular weight is 194 g/mol. The van der Waals surface area contributed by atoms with Gasteiger partial charge in [0.15, 0.2) is 0 Å². The molecule has 0 heterocycles. The van der Waals surface area contributed by atoms with Crippen LogP contribution < -0.4 is 0 Å². The van der Waals surface area contributed by atoms with Crippen LogP contribution in [-0.2, 0) is 0 Å². The highest BCUT2D eigenvalue weighted by molar-refractivity contribution is 5.20. The van der Waals surface area contributed by atoms with Crippen LogP contribution >= 0.6 is 0 Å². The van der Waals surface area contributed by atoms with Crippen LogP contribution in [0.2, 0.25) is 0 Å². The number of benzene rings is 1. The quantitative estimate of drug-likeness (QED) is 0.732. The molecule has 1 unspecified atom stereocenters. The number of rotatable bonds is 3. The van der Waals surface area contributed by atoms with E-state index in [1.54, 1.807) is 18.2 Å². The Morgan fingerprint density at radius 3 is 2.64 bits per heavy atom. The van der Waals surface area contributed by atoms with E-state index in [9.17, 15) is 9.50 Å². The molecule has 76 valence electrons. The van der Waals surface area contributed by atoms with Crippen molar-refractivity contribution in [2.24, 2.45) is 0 Å². The summed E-state index contributed by atoms with van der Waals surface area (Å²) in [5.41, 5.74) is 1.49. The smallest absolute Gasteiger partial charge is 0.129 e. The molecule has 1 aromatic rings. The largest absolute Gasteiger partial charge is 0.388 e. The van der Waals surface area contributed by atoms with Crippen LogP contribution in [0.25, 0.3) is 0 Å². The van der Waals surface area contributed by atoms with Gasteiger partial charge in [-0.25, -0.2) is 4.39 Å². The van der Waals surface area contributed by atoms with Crippen LogP contribution in [0.15, 0.2) is 35.9 Å². The highest BCUT2D eigenvalue weighted by atomic mass is 19.1. The van der Waals surface area contributed by atoms with Crippen molar-refractivity contribution in [2.75, 3.05) is 0 Å². The molecule has 0 amide bonds. The standard InChI is InChI=1S/C12H15FO/c1-9(2)7-8-12(14)10-5-3-4-6-11(10)13/h3-7,12,14H,8H2,1-2H3. The van der Waals surface area contributed by atoms with Gasteiger partial charge in [-0.1, -0.05) is 29.8 Å². The monoisotopic (exact) mass is 194 g/mol. The maximum absolute atomic E-state index is 13.2. The van der Waals surface area contributed by atoms with E-state index < -0.39 is 6.10 Å². The van der Waals surface area contributed by atoms with E-state index in [4.69, 9.17) is 0 Å². The van der Waals surface area contributed by atoms with E-state index in [2.05, 4.69) is 0 Å². The average Bonchev–Trinajstić information content (AvgIpc) is 2.15. The molecule has 0 bridgehead atoms. The van der Waals surface area contributed by atoms with Gasteiger partial charge in [0.1, 0.15) is 5.82 Å². The van der Waals surface area contributed by atoms with Gasteiger partial charge in [0.05, 0.1) is 6.10 Å². The Morgan fingerprint density at radius 2 is 2.07 bits per heavy atom. The lowest BCUT2D eigenvalue weighted by atomic mass is 10.1. The van der Waals surface area contributed by atoms with Crippen LogP contribution in [0, 0.1) is 5.82 Å². The van der Waals surface area contributed by atoms with Crippen molar-refractivity contribution < 1.29 is 9.50 Å². The van der Waals surface area contributed by atoms with Gasteiger partial charge in [-0.3, -0.25) is 0 Å². The van der Waals surface area contributed by atoms with E-state index in [0.29, 0.717) is 12.0 Å². The zero-order chi connectivity index (χ0) is 10.6. The molecule has 1 rings (SSSR count). The number of hydrogen-bond donors (Lipinski definition) is 1. The predicted molar refractivity (Wildman–Crippen MR) is 55.4 cm³/mol. The van der Waals surface area contributed by atoms with Crippen molar-refractivity contribution in [1.82, 2.24) is 0 Å². The molecule has 0 spiro atoms. The third-order valence-electron chi connectivity index (χ3n) is 2.01. The second kappa shape index (κ2) is 4.91. The zero-order valence-corrected chi connectivity index (χ0v) is 8.50. The Labute approximate surface area is 83.9 Å². The maximum atomic E-state index is 13.2. The Bertz CT molecular complexity index is 327. The van der Waals surface area contributed by atoms with Crippen LogP contribution in [0.5, 0.6) is 0 Å². The molecule has 1 aromatic carbocycles. The highest BCUT2D eigenvalue weighted by Gasteiger charge is 2.09. The minimum Gasteiger partial charge on any atom is -0.388 e. The van der Waals surface area contributed by atoms with E-state index >= 15 is 0 Å². The SMILES string of the molecule is CC(C)=CCC(O)c1ccccc1F. The van der Waals surface area contributed by atoms with Crippen molar-refractivity contribution in [3.8, 4) is 0 Å². The summed E-state index contributed by atoms with van der Waals surface area (Å²) in [7, 11) is 0. The van der Waals surface area contributed by atoms with Gasteiger partial charge < -0.3 is 5.11 Å². The highest BCUT2D eigenvalue weighted by Crippen LogP contribution is 2.20. The fourth-order valence-corrected chi connectivity index (χ4v) is 1.22. The number of aliphatic hydroxyl groups excluding tert-OH is 1. The molecule has 0 aliphatic heterocycles. The van der Waals surface area contributed by atoms with Gasteiger partial charge in [-0.2, -0.15) is 0 Å². The van der Waals surface area contributed by atoms with Crippen molar-refractivity contribution >= 4 is 0 Å². The van der Waals surface area contributed by atoms with Gasteiger partial charge in [-0.05, 0) is 26.3 Å². The summed E-state index contributed by atoms with van der Waals surface area (Å²) in [6.07, 6.45) is 1.62. The molecule has 0 fully saturated rings. The summed E-state index contributed by atoms with van der Waals surface area (Å²) in [4.78, 5) is 0. The van der Waals surface area contributed by atoms with E-state index in [-0.39, 0.29) is 5.82 Å². The Balaban J connectivity index is 2.74. The third-order valence-corrected chi connectivity index (χ3v) is 2.01. The number of halogens is 1. The van der Waals surface area contributed by atoms with Gasteiger partial charge >= 0.3 is 0 Å². The van der Waals surface area contributed by atoms with Gasteiger partial charge in [0.25, 0.3) is 0 Å². The molecule has 0 radical (unpaired) electrons. The van der Waals surface area contributed by atoms with E-state index in [0.717, 1.165) is 5.57 Å². The number of hydrogen-bond acceptors (Lipinski definition) is 1. The lowest BCUT2D eigenvalue weighted by Gasteiger charge is -2.09. The second-order valence-electron chi connectivity index (χ2n) is 3.55.